The zero-order chi connectivity index (χ0) is 20.4. The molecule has 2 aromatic heterocycles. The molecule has 1 unspecified atom stereocenters. The molecule has 0 bridgehead atoms. The van der Waals surface area contributed by atoms with E-state index < -0.39 is 5.25 Å². The summed E-state index contributed by atoms with van der Waals surface area (Å²) in [6, 6.07) is 7.07. The van der Waals surface area contributed by atoms with Crippen molar-refractivity contribution in [3.8, 4) is 0 Å². The van der Waals surface area contributed by atoms with Crippen molar-refractivity contribution in [1.29, 1.82) is 0 Å². The largest absolute Gasteiger partial charge is 0.360 e. The van der Waals surface area contributed by atoms with Gasteiger partial charge in [0, 0.05) is 17.1 Å². The van der Waals surface area contributed by atoms with Gasteiger partial charge in [0.2, 0.25) is 5.91 Å². The lowest BCUT2D eigenvalue weighted by Gasteiger charge is -2.17. The minimum absolute atomic E-state index is 0.109. The number of aromatic nitrogens is 3. The van der Waals surface area contributed by atoms with Gasteiger partial charge < -0.3 is 9.84 Å². The molecule has 28 heavy (non-hydrogen) atoms. The highest BCUT2D eigenvalue weighted by molar-refractivity contribution is 9.10. The number of halogens is 1. The molecule has 148 valence electrons. The summed E-state index contributed by atoms with van der Waals surface area (Å²) in [4.78, 5) is 30.2. The maximum Gasteiger partial charge on any atom is 0.262 e. The zero-order valence-electron chi connectivity index (χ0n) is 16.0. The Hall–Kier alpha value is -2.13. The van der Waals surface area contributed by atoms with E-state index in [4.69, 9.17) is 4.52 Å². The van der Waals surface area contributed by atoms with Gasteiger partial charge in [-0.15, -0.1) is 0 Å². The molecule has 1 aromatic carbocycles. The van der Waals surface area contributed by atoms with Crippen molar-refractivity contribution in [3.63, 3.8) is 0 Å². The Morgan fingerprint density at radius 3 is 2.71 bits per heavy atom. The fraction of sp³-hybridized carbons (Fsp3) is 0.368. The second kappa shape index (κ2) is 8.48. The van der Waals surface area contributed by atoms with E-state index >= 15 is 0 Å². The third-order valence-corrected chi connectivity index (χ3v) is 5.54. The molecule has 0 spiro atoms. The van der Waals surface area contributed by atoms with E-state index in [1.807, 2.05) is 19.9 Å². The molecule has 0 radical (unpaired) electrons. The first kappa shape index (κ1) is 20.6. The number of aryl methyl sites for hydroxylation is 1. The molecule has 2 heterocycles. The molecular weight excluding hydrogens is 444 g/mol. The Balaban J connectivity index is 1.93. The quantitative estimate of drug-likeness (QED) is 0.433. The van der Waals surface area contributed by atoms with E-state index in [0.717, 1.165) is 4.47 Å². The van der Waals surface area contributed by atoms with Crippen LogP contribution in [0.25, 0.3) is 10.9 Å². The molecule has 3 aromatic rings. The van der Waals surface area contributed by atoms with Gasteiger partial charge in [-0.2, -0.15) is 0 Å². The predicted octanol–water partition coefficient (Wildman–Crippen LogP) is 4.23. The number of rotatable bonds is 6. The number of carbonyl (C=O) groups excluding carboxylic acids is 1. The van der Waals surface area contributed by atoms with Gasteiger partial charge in [0.1, 0.15) is 5.76 Å². The number of benzene rings is 1. The lowest BCUT2D eigenvalue weighted by atomic mass is 10.2. The number of fused-ring (bicyclic) bond motifs is 1. The second-order valence-corrected chi connectivity index (χ2v) is 9.16. The van der Waals surface area contributed by atoms with Gasteiger partial charge in [-0.1, -0.05) is 46.7 Å². The maximum absolute atomic E-state index is 13.0. The van der Waals surface area contributed by atoms with Crippen molar-refractivity contribution in [2.45, 2.75) is 44.6 Å². The van der Waals surface area contributed by atoms with Crippen LogP contribution in [0.15, 0.2) is 43.2 Å². The summed E-state index contributed by atoms with van der Waals surface area (Å²) in [5.74, 6) is 1.000. The van der Waals surface area contributed by atoms with Crippen molar-refractivity contribution in [3.05, 3.63) is 44.9 Å². The van der Waals surface area contributed by atoms with Gasteiger partial charge in [-0.25, -0.2) is 4.98 Å². The molecule has 7 nitrogen and oxygen atoms in total. The van der Waals surface area contributed by atoms with Crippen LogP contribution >= 0.6 is 27.7 Å². The minimum atomic E-state index is -0.477. The molecule has 3 rings (SSSR count). The molecule has 0 aliphatic heterocycles. The summed E-state index contributed by atoms with van der Waals surface area (Å²) < 4.78 is 7.44. The van der Waals surface area contributed by atoms with Crippen molar-refractivity contribution in [1.82, 2.24) is 14.7 Å². The number of nitrogens with one attached hydrogen (secondary N) is 1. The molecule has 0 saturated carbocycles. The van der Waals surface area contributed by atoms with Gasteiger partial charge in [0.25, 0.3) is 5.56 Å². The minimum Gasteiger partial charge on any atom is -0.360 e. The van der Waals surface area contributed by atoms with Crippen LogP contribution in [0.1, 0.15) is 26.5 Å². The van der Waals surface area contributed by atoms with Crippen LogP contribution < -0.4 is 10.9 Å². The number of anilines is 1. The van der Waals surface area contributed by atoms with Gasteiger partial charge in [0.15, 0.2) is 11.0 Å². The monoisotopic (exact) mass is 464 g/mol. The highest BCUT2D eigenvalue weighted by atomic mass is 79.9. The lowest BCUT2D eigenvalue weighted by Crippen LogP contribution is -2.28. The standard InChI is InChI=1S/C19H21BrN4O3S/c1-10(2)9-24-18(26)14-8-13(20)5-6-15(14)21-19(24)28-12(4)17(25)22-16-7-11(3)27-23-16/h5-8,10,12H,9H2,1-4H3,(H,22,23,25). The molecule has 0 aliphatic rings. The number of thioether (sulfide) groups is 1. The fourth-order valence-electron chi connectivity index (χ4n) is 2.65. The van der Waals surface area contributed by atoms with Crippen molar-refractivity contribution in [2.75, 3.05) is 5.32 Å². The highest BCUT2D eigenvalue weighted by Crippen LogP contribution is 2.25. The van der Waals surface area contributed by atoms with Crippen LogP contribution in [0.5, 0.6) is 0 Å². The third-order valence-electron chi connectivity index (χ3n) is 3.96. The average molecular weight is 465 g/mol. The first-order chi connectivity index (χ1) is 13.2. The van der Waals surface area contributed by atoms with E-state index in [1.165, 1.54) is 11.8 Å². The second-order valence-electron chi connectivity index (χ2n) is 6.94. The van der Waals surface area contributed by atoms with Crippen LogP contribution in [0.2, 0.25) is 0 Å². The average Bonchev–Trinajstić information content (AvgIpc) is 3.03. The molecule has 0 fully saturated rings. The molecule has 1 N–H and O–H groups in total. The molecular formula is C19H21BrN4O3S. The summed E-state index contributed by atoms with van der Waals surface area (Å²) in [6.07, 6.45) is 0. The van der Waals surface area contributed by atoms with E-state index in [1.54, 1.807) is 36.6 Å². The number of hydrogen-bond acceptors (Lipinski definition) is 6. The van der Waals surface area contributed by atoms with E-state index in [-0.39, 0.29) is 17.4 Å². The zero-order valence-corrected chi connectivity index (χ0v) is 18.4. The van der Waals surface area contributed by atoms with E-state index in [2.05, 4.69) is 31.4 Å². The lowest BCUT2D eigenvalue weighted by molar-refractivity contribution is -0.115. The highest BCUT2D eigenvalue weighted by Gasteiger charge is 2.21. The fourth-order valence-corrected chi connectivity index (χ4v) is 3.93. The van der Waals surface area contributed by atoms with Crippen LogP contribution in [-0.4, -0.2) is 25.9 Å². The first-order valence-electron chi connectivity index (χ1n) is 8.85. The van der Waals surface area contributed by atoms with Gasteiger partial charge in [0.05, 0.1) is 16.2 Å². The third kappa shape index (κ3) is 4.64. The topological polar surface area (TPSA) is 90.0 Å². The Morgan fingerprint density at radius 2 is 2.07 bits per heavy atom. The van der Waals surface area contributed by atoms with E-state index in [0.29, 0.717) is 34.2 Å². The molecule has 0 saturated heterocycles. The number of carbonyl (C=O) groups is 1. The van der Waals surface area contributed by atoms with Crippen LogP contribution in [-0.2, 0) is 11.3 Å². The maximum atomic E-state index is 13.0. The summed E-state index contributed by atoms with van der Waals surface area (Å²) >= 11 is 4.65. The number of hydrogen-bond donors (Lipinski definition) is 1. The summed E-state index contributed by atoms with van der Waals surface area (Å²) in [7, 11) is 0. The van der Waals surface area contributed by atoms with Crippen LogP contribution in [0.4, 0.5) is 5.82 Å². The Labute approximate surface area is 175 Å². The number of nitrogens with zero attached hydrogens (tertiary/aromatic N) is 3. The van der Waals surface area contributed by atoms with Crippen LogP contribution in [0, 0.1) is 12.8 Å². The Kier molecular flexibility index (Phi) is 6.24. The molecule has 1 amide bonds. The summed E-state index contributed by atoms with van der Waals surface area (Å²) in [5, 5.41) is 7.08. The smallest absolute Gasteiger partial charge is 0.262 e. The molecule has 9 heteroatoms. The normalized spacial score (nSPS) is 12.5. The van der Waals surface area contributed by atoms with Crippen LogP contribution in [0.3, 0.4) is 0 Å². The molecule has 0 aliphatic carbocycles. The number of amides is 1. The van der Waals surface area contributed by atoms with Gasteiger partial charge >= 0.3 is 0 Å². The van der Waals surface area contributed by atoms with Gasteiger partial charge in [-0.05, 0) is 38.0 Å². The summed E-state index contributed by atoms with van der Waals surface area (Å²) in [5.41, 5.74) is 0.498. The SMILES string of the molecule is Cc1cc(NC(=O)C(C)Sc2nc3ccc(Br)cc3c(=O)n2CC(C)C)no1. The van der Waals surface area contributed by atoms with Crippen molar-refractivity contribution < 1.29 is 9.32 Å². The molecule has 1 atom stereocenters. The van der Waals surface area contributed by atoms with Crippen molar-refractivity contribution in [2.24, 2.45) is 5.92 Å². The predicted molar refractivity (Wildman–Crippen MR) is 114 cm³/mol. The Bertz CT molecular complexity index is 1080. The van der Waals surface area contributed by atoms with Crippen molar-refractivity contribution >= 4 is 50.3 Å². The Morgan fingerprint density at radius 1 is 1.32 bits per heavy atom. The van der Waals surface area contributed by atoms with E-state index in [9.17, 15) is 9.59 Å². The van der Waals surface area contributed by atoms with Gasteiger partial charge in [-0.3, -0.25) is 14.2 Å². The first-order valence-corrected chi connectivity index (χ1v) is 10.5. The summed E-state index contributed by atoms with van der Waals surface area (Å²) in [6.45, 7) is 8.12.